The Hall–Kier alpha value is -0.680. The summed E-state index contributed by atoms with van der Waals surface area (Å²) in [5, 5.41) is 3.32. The summed E-state index contributed by atoms with van der Waals surface area (Å²) in [5.41, 5.74) is 1.19. The maximum absolute atomic E-state index is 4.72. The topological polar surface area (TPSA) is 41.1 Å². The molecule has 0 saturated heterocycles. The number of likely N-dealkylation sites (N-methyl/N-ethyl adjacent to an activating group) is 1. The van der Waals surface area contributed by atoms with Crippen LogP contribution in [0.3, 0.4) is 0 Å². The van der Waals surface area contributed by atoms with Crippen molar-refractivity contribution in [2.24, 2.45) is 0 Å². The SMILES string of the molecule is CCNc1nc(CCN(C)C)nc(C2CC2)c1Br. The summed E-state index contributed by atoms with van der Waals surface area (Å²) in [5.74, 6) is 2.53. The van der Waals surface area contributed by atoms with Crippen LogP contribution in [-0.4, -0.2) is 42.1 Å². The molecule has 5 heteroatoms. The van der Waals surface area contributed by atoms with Gasteiger partial charge in [-0.2, -0.15) is 0 Å². The van der Waals surface area contributed by atoms with E-state index in [2.05, 4.69) is 52.1 Å². The molecule has 2 rings (SSSR count). The molecule has 0 spiro atoms. The van der Waals surface area contributed by atoms with Gasteiger partial charge < -0.3 is 10.2 Å². The highest BCUT2D eigenvalue weighted by molar-refractivity contribution is 9.10. The molecular weight excluding hydrogens is 292 g/mol. The first-order valence-electron chi connectivity index (χ1n) is 6.56. The van der Waals surface area contributed by atoms with Gasteiger partial charge in [0.1, 0.15) is 11.6 Å². The van der Waals surface area contributed by atoms with Crippen molar-refractivity contribution in [3.8, 4) is 0 Å². The zero-order valence-corrected chi connectivity index (χ0v) is 12.9. The maximum Gasteiger partial charge on any atom is 0.144 e. The first-order valence-corrected chi connectivity index (χ1v) is 7.36. The Bertz CT molecular complexity index is 416. The van der Waals surface area contributed by atoms with E-state index in [1.807, 2.05) is 0 Å². The highest BCUT2D eigenvalue weighted by Crippen LogP contribution is 2.43. The second-order valence-electron chi connectivity index (χ2n) is 5.05. The molecule has 0 radical (unpaired) electrons. The van der Waals surface area contributed by atoms with Gasteiger partial charge in [0.2, 0.25) is 0 Å². The van der Waals surface area contributed by atoms with E-state index in [1.54, 1.807) is 0 Å². The Kier molecular flexibility index (Phi) is 4.56. The first kappa shape index (κ1) is 13.7. The molecule has 1 N–H and O–H groups in total. The van der Waals surface area contributed by atoms with E-state index in [0.29, 0.717) is 5.92 Å². The Labute approximate surface area is 117 Å². The minimum absolute atomic E-state index is 0.637. The summed E-state index contributed by atoms with van der Waals surface area (Å²) >= 11 is 3.64. The van der Waals surface area contributed by atoms with Crippen LogP contribution in [0.5, 0.6) is 0 Å². The van der Waals surface area contributed by atoms with E-state index in [9.17, 15) is 0 Å². The minimum atomic E-state index is 0.637. The minimum Gasteiger partial charge on any atom is -0.369 e. The van der Waals surface area contributed by atoms with Crippen molar-refractivity contribution in [3.05, 3.63) is 16.0 Å². The maximum atomic E-state index is 4.72. The van der Waals surface area contributed by atoms with E-state index in [0.717, 1.165) is 35.6 Å². The molecule has 0 amide bonds. The van der Waals surface area contributed by atoms with E-state index in [-0.39, 0.29) is 0 Å². The van der Waals surface area contributed by atoms with Crippen molar-refractivity contribution >= 4 is 21.7 Å². The molecule has 4 nitrogen and oxygen atoms in total. The third kappa shape index (κ3) is 3.42. The van der Waals surface area contributed by atoms with Crippen LogP contribution in [0, 0.1) is 0 Å². The van der Waals surface area contributed by atoms with Gasteiger partial charge in [-0.3, -0.25) is 0 Å². The fourth-order valence-corrected chi connectivity index (χ4v) is 2.50. The molecule has 1 saturated carbocycles. The number of rotatable bonds is 6. The Balaban J connectivity index is 2.23. The number of anilines is 1. The van der Waals surface area contributed by atoms with Crippen molar-refractivity contribution in [3.63, 3.8) is 0 Å². The molecule has 1 aromatic rings. The summed E-state index contributed by atoms with van der Waals surface area (Å²) in [6.45, 7) is 3.95. The second kappa shape index (κ2) is 5.97. The van der Waals surface area contributed by atoms with Crippen molar-refractivity contribution in [2.45, 2.75) is 32.1 Å². The molecule has 0 atom stereocenters. The molecule has 1 heterocycles. The molecule has 1 aliphatic carbocycles. The quantitative estimate of drug-likeness (QED) is 0.876. The molecule has 100 valence electrons. The van der Waals surface area contributed by atoms with Crippen molar-refractivity contribution < 1.29 is 0 Å². The highest BCUT2D eigenvalue weighted by Gasteiger charge is 2.29. The van der Waals surface area contributed by atoms with Gasteiger partial charge in [0.05, 0.1) is 10.2 Å². The van der Waals surface area contributed by atoms with Crippen LogP contribution in [0.2, 0.25) is 0 Å². The summed E-state index contributed by atoms with van der Waals surface area (Å²) in [4.78, 5) is 11.5. The monoisotopic (exact) mass is 312 g/mol. The molecule has 1 aliphatic rings. The number of hydrogen-bond donors (Lipinski definition) is 1. The highest BCUT2D eigenvalue weighted by atomic mass is 79.9. The number of nitrogens with zero attached hydrogens (tertiary/aromatic N) is 3. The zero-order valence-electron chi connectivity index (χ0n) is 11.3. The van der Waals surface area contributed by atoms with Gasteiger partial charge in [-0.15, -0.1) is 0 Å². The Morgan fingerprint density at radius 2 is 2.06 bits per heavy atom. The Morgan fingerprint density at radius 1 is 1.33 bits per heavy atom. The van der Waals surface area contributed by atoms with Crippen LogP contribution >= 0.6 is 15.9 Å². The van der Waals surface area contributed by atoms with Gasteiger partial charge in [0.15, 0.2) is 0 Å². The molecule has 1 aromatic heterocycles. The fraction of sp³-hybridized carbons (Fsp3) is 0.692. The molecular formula is C13H21BrN4. The lowest BCUT2D eigenvalue weighted by atomic mass is 10.2. The van der Waals surface area contributed by atoms with E-state index >= 15 is 0 Å². The van der Waals surface area contributed by atoms with E-state index in [4.69, 9.17) is 4.98 Å². The van der Waals surface area contributed by atoms with Crippen LogP contribution in [0.25, 0.3) is 0 Å². The lowest BCUT2D eigenvalue weighted by molar-refractivity contribution is 0.409. The van der Waals surface area contributed by atoms with Gasteiger partial charge >= 0.3 is 0 Å². The average Bonchev–Trinajstić information content (AvgIpc) is 3.14. The molecule has 0 aliphatic heterocycles. The van der Waals surface area contributed by atoms with Crippen LogP contribution in [0.4, 0.5) is 5.82 Å². The third-order valence-electron chi connectivity index (χ3n) is 3.01. The van der Waals surface area contributed by atoms with Crippen LogP contribution in [0.1, 0.15) is 37.2 Å². The summed E-state index contributed by atoms with van der Waals surface area (Å²) < 4.78 is 1.06. The van der Waals surface area contributed by atoms with Gasteiger partial charge in [-0.25, -0.2) is 9.97 Å². The summed E-state index contributed by atoms with van der Waals surface area (Å²) in [7, 11) is 4.15. The van der Waals surface area contributed by atoms with Crippen molar-refractivity contribution in [2.75, 3.05) is 32.5 Å². The van der Waals surface area contributed by atoms with Gasteiger partial charge in [-0.05, 0) is 49.8 Å². The summed E-state index contributed by atoms with van der Waals surface area (Å²) in [6, 6.07) is 0. The van der Waals surface area contributed by atoms with Crippen molar-refractivity contribution in [1.82, 2.24) is 14.9 Å². The second-order valence-corrected chi connectivity index (χ2v) is 5.84. The van der Waals surface area contributed by atoms with Crippen LogP contribution in [-0.2, 0) is 6.42 Å². The molecule has 0 aromatic carbocycles. The summed E-state index contributed by atoms with van der Waals surface area (Å²) in [6.07, 6.45) is 3.42. The van der Waals surface area contributed by atoms with Gasteiger partial charge in [0.25, 0.3) is 0 Å². The standard InChI is InChI=1S/C13H21BrN4/c1-4-15-13-11(14)12(9-5-6-9)16-10(17-13)7-8-18(2)3/h9H,4-8H2,1-3H3,(H,15,16,17). The molecule has 18 heavy (non-hydrogen) atoms. The molecule has 0 unspecified atom stereocenters. The zero-order chi connectivity index (χ0) is 13.1. The Morgan fingerprint density at radius 3 is 2.61 bits per heavy atom. The van der Waals surface area contributed by atoms with E-state index < -0.39 is 0 Å². The fourth-order valence-electron chi connectivity index (χ4n) is 1.86. The van der Waals surface area contributed by atoms with Crippen molar-refractivity contribution in [1.29, 1.82) is 0 Å². The third-order valence-corrected chi connectivity index (χ3v) is 3.80. The predicted octanol–water partition coefficient (Wildman–Crippen LogP) is 2.65. The lowest BCUT2D eigenvalue weighted by Crippen LogP contribution is -2.17. The number of nitrogens with one attached hydrogen (secondary N) is 1. The lowest BCUT2D eigenvalue weighted by Gasteiger charge is -2.13. The smallest absolute Gasteiger partial charge is 0.144 e. The van der Waals surface area contributed by atoms with Crippen LogP contribution in [0.15, 0.2) is 4.47 Å². The number of aromatic nitrogens is 2. The van der Waals surface area contributed by atoms with Gasteiger partial charge in [-0.1, -0.05) is 0 Å². The van der Waals surface area contributed by atoms with Gasteiger partial charge in [0, 0.05) is 25.4 Å². The molecule has 0 bridgehead atoms. The normalized spacial score (nSPS) is 15.2. The first-order chi connectivity index (χ1) is 8.61. The largest absolute Gasteiger partial charge is 0.369 e. The average molecular weight is 313 g/mol. The van der Waals surface area contributed by atoms with E-state index in [1.165, 1.54) is 18.5 Å². The van der Waals surface area contributed by atoms with Crippen LogP contribution < -0.4 is 5.32 Å². The molecule has 1 fully saturated rings. The number of halogens is 1. The predicted molar refractivity (Wildman–Crippen MR) is 78.1 cm³/mol. The number of hydrogen-bond acceptors (Lipinski definition) is 4.